The molecule has 1 aliphatic carbocycles. The van der Waals surface area contributed by atoms with Gasteiger partial charge < -0.3 is 5.32 Å². The van der Waals surface area contributed by atoms with Gasteiger partial charge in [0.25, 0.3) is 0 Å². The summed E-state index contributed by atoms with van der Waals surface area (Å²) in [4.78, 5) is 0. The molecule has 0 radical (unpaired) electrons. The van der Waals surface area contributed by atoms with E-state index in [0.717, 1.165) is 17.5 Å². The van der Waals surface area contributed by atoms with Gasteiger partial charge in [0.05, 0.1) is 0 Å². The van der Waals surface area contributed by atoms with Crippen LogP contribution in [0.5, 0.6) is 0 Å². The van der Waals surface area contributed by atoms with E-state index in [0.29, 0.717) is 6.04 Å². The largest absolute Gasteiger partial charge is 0.310 e. The van der Waals surface area contributed by atoms with E-state index in [1.54, 1.807) is 0 Å². The lowest BCUT2D eigenvalue weighted by atomic mass is 9.82. The van der Waals surface area contributed by atoms with E-state index in [9.17, 15) is 0 Å². The van der Waals surface area contributed by atoms with Gasteiger partial charge in [-0.3, -0.25) is 0 Å². The number of rotatable bonds is 5. The van der Waals surface area contributed by atoms with Crippen LogP contribution in [0, 0.1) is 12.8 Å². The Bertz CT molecular complexity index is 396. The summed E-state index contributed by atoms with van der Waals surface area (Å²) in [6.07, 6.45) is 8.37. The van der Waals surface area contributed by atoms with Gasteiger partial charge in [-0.25, -0.2) is 0 Å². The molecular formula is C17H26ClN. The number of hydrogen-bond donors (Lipinski definition) is 1. The summed E-state index contributed by atoms with van der Waals surface area (Å²) in [5.41, 5.74) is 2.74. The van der Waals surface area contributed by atoms with Crippen LogP contribution in [0.2, 0.25) is 5.02 Å². The molecule has 2 rings (SSSR count). The maximum absolute atomic E-state index is 6.07. The molecule has 0 saturated heterocycles. The Morgan fingerprint density at radius 3 is 2.63 bits per heavy atom. The molecule has 0 spiro atoms. The summed E-state index contributed by atoms with van der Waals surface area (Å²) in [7, 11) is 0. The molecule has 1 aromatic rings. The molecule has 1 aliphatic rings. The SMILES string of the molecule is CCNC(CC1CCCCC1)c1ccc(Cl)cc1C. The molecule has 1 unspecified atom stereocenters. The fourth-order valence-electron chi connectivity index (χ4n) is 3.35. The third-order valence-corrected chi connectivity index (χ3v) is 4.59. The summed E-state index contributed by atoms with van der Waals surface area (Å²) in [5, 5.41) is 4.51. The third-order valence-electron chi connectivity index (χ3n) is 4.35. The molecule has 1 atom stereocenters. The number of halogens is 1. The fraction of sp³-hybridized carbons (Fsp3) is 0.647. The topological polar surface area (TPSA) is 12.0 Å². The number of aryl methyl sites for hydroxylation is 1. The Kier molecular flexibility index (Phi) is 5.72. The van der Waals surface area contributed by atoms with Crippen LogP contribution in [0.15, 0.2) is 18.2 Å². The Morgan fingerprint density at radius 1 is 1.26 bits per heavy atom. The molecule has 1 fully saturated rings. The van der Waals surface area contributed by atoms with Crippen molar-refractivity contribution < 1.29 is 0 Å². The Labute approximate surface area is 122 Å². The minimum absolute atomic E-state index is 0.491. The van der Waals surface area contributed by atoms with Gasteiger partial charge in [-0.15, -0.1) is 0 Å². The third kappa shape index (κ3) is 4.22. The van der Waals surface area contributed by atoms with Crippen molar-refractivity contribution in [3.8, 4) is 0 Å². The molecule has 2 heteroatoms. The van der Waals surface area contributed by atoms with E-state index in [2.05, 4.69) is 31.3 Å². The smallest absolute Gasteiger partial charge is 0.0408 e. The second kappa shape index (κ2) is 7.31. The molecule has 1 saturated carbocycles. The predicted molar refractivity (Wildman–Crippen MR) is 83.8 cm³/mol. The molecule has 1 nitrogen and oxygen atoms in total. The summed E-state index contributed by atoms with van der Waals surface area (Å²) in [5.74, 6) is 0.896. The molecule has 0 amide bonds. The summed E-state index contributed by atoms with van der Waals surface area (Å²) >= 11 is 6.07. The highest BCUT2D eigenvalue weighted by atomic mass is 35.5. The highest BCUT2D eigenvalue weighted by Gasteiger charge is 2.20. The first-order valence-electron chi connectivity index (χ1n) is 7.70. The summed E-state index contributed by atoms with van der Waals surface area (Å²) in [6.45, 7) is 5.39. The highest BCUT2D eigenvalue weighted by Crippen LogP contribution is 2.33. The number of nitrogens with one attached hydrogen (secondary N) is 1. The van der Waals surface area contributed by atoms with Crippen LogP contribution < -0.4 is 5.32 Å². The zero-order valence-electron chi connectivity index (χ0n) is 12.2. The van der Waals surface area contributed by atoms with Crippen molar-refractivity contribution in [2.24, 2.45) is 5.92 Å². The maximum atomic E-state index is 6.07. The molecule has 1 N–H and O–H groups in total. The lowest BCUT2D eigenvalue weighted by Gasteiger charge is -2.28. The first-order valence-corrected chi connectivity index (χ1v) is 8.08. The van der Waals surface area contributed by atoms with E-state index < -0.39 is 0 Å². The first kappa shape index (κ1) is 14.9. The molecule has 106 valence electrons. The average molecular weight is 280 g/mol. The fourth-order valence-corrected chi connectivity index (χ4v) is 3.58. The average Bonchev–Trinajstić information content (AvgIpc) is 2.39. The quantitative estimate of drug-likeness (QED) is 0.774. The van der Waals surface area contributed by atoms with Gasteiger partial charge in [0.1, 0.15) is 0 Å². The van der Waals surface area contributed by atoms with Crippen molar-refractivity contribution in [1.82, 2.24) is 5.32 Å². The monoisotopic (exact) mass is 279 g/mol. The van der Waals surface area contributed by atoms with Crippen LogP contribution in [-0.4, -0.2) is 6.54 Å². The Hall–Kier alpha value is -0.530. The number of hydrogen-bond acceptors (Lipinski definition) is 1. The summed E-state index contributed by atoms with van der Waals surface area (Å²) < 4.78 is 0. The van der Waals surface area contributed by atoms with Crippen LogP contribution >= 0.6 is 11.6 Å². The van der Waals surface area contributed by atoms with Crippen molar-refractivity contribution in [2.75, 3.05) is 6.54 Å². The van der Waals surface area contributed by atoms with Gasteiger partial charge in [-0.05, 0) is 49.1 Å². The molecule has 0 bridgehead atoms. The standard InChI is InChI=1S/C17H26ClN/c1-3-19-17(12-14-7-5-4-6-8-14)16-10-9-15(18)11-13(16)2/h9-11,14,17,19H,3-8,12H2,1-2H3. The molecule has 0 aromatic heterocycles. The van der Waals surface area contributed by atoms with E-state index in [-0.39, 0.29) is 0 Å². The van der Waals surface area contributed by atoms with Crippen LogP contribution in [0.1, 0.15) is 62.6 Å². The van der Waals surface area contributed by atoms with E-state index in [1.807, 2.05) is 6.07 Å². The van der Waals surface area contributed by atoms with Gasteiger partial charge in [0.2, 0.25) is 0 Å². The lowest BCUT2D eigenvalue weighted by molar-refractivity contribution is 0.301. The maximum Gasteiger partial charge on any atom is 0.0408 e. The van der Waals surface area contributed by atoms with E-state index in [1.165, 1.54) is 49.7 Å². The Balaban J connectivity index is 2.09. The van der Waals surface area contributed by atoms with Crippen LogP contribution in [0.25, 0.3) is 0 Å². The molecule has 0 heterocycles. The zero-order valence-corrected chi connectivity index (χ0v) is 13.0. The second-order valence-electron chi connectivity index (χ2n) is 5.85. The van der Waals surface area contributed by atoms with Gasteiger partial charge >= 0.3 is 0 Å². The first-order chi connectivity index (χ1) is 9.20. The van der Waals surface area contributed by atoms with Crippen LogP contribution in [-0.2, 0) is 0 Å². The van der Waals surface area contributed by atoms with Gasteiger partial charge in [-0.2, -0.15) is 0 Å². The number of benzene rings is 1. The van der Waals surface area contributed by atoms with Crippen LogP contribution in [0.4, 0.5) is 0 Å². The van der Waals surface area contributed by atoms with Gasteiger partial charge in [0.15, 0.2) is 0 Å². The molecule has 19 heavy (non-hydrogen) atoms. The minimum atomic E-state index is 0.491. The normalized spacial score (nSPS) is 18.5. The van der Waals surface area contributed by atoms with Crippen molar-refractivity contribution in [1.29, 1.82) is 0 Å². The Morgan fingerprint density at radius 2 is 2.00 bits per heavy atom. The van der Waals surface area contributed by atoms with Crippen molar-refractivity contribution >= 4 is 11.6 Å². The van der Waals surface area contributed by atoms with Gasteiger partial charge in [0, 0.05) is 11.1 Å². The lowest BCUT2D eigenvalue weighted by Crippen LogP contribution is -2.25. The molecule has 0 aliphatic heterocycles. The van der Waals surface area contributed by atoms with Crippen molar-refractivity contribution in [2.45, 2.75) is 58.4 Å². The van der Waals surface area contributed by atoms with Crippen molar-refractivity contribution in [3.63, 3.8) is 0 Å². The van der Waals surface area contributed by atoms with E-state index in [4.69, 9.17) is 11.6 Å². The second-order valence-corrected chi connectivity index (χ2v) is 6.29. The predicted octanol–water partition coefficient (Wildman–Crippen LogP) is 5.27. The highest BCUT2D eigenvalue weighted by molar-refractivity contribution is 6.30. The molecular weight excluding hydrogens is 254 g/mol. The minimum Gasteiger partial charge on any atom is -0.310 e. The molecule has 1 aromatic carbocycles. The van der Waals surface area contributed by atoms with Crippen LogP contribution in [0.3, 0.4) is 0 Å². The van der Waals surface area contributed by atoms with Gasteiger partial charge in [-0.1, -0.05) is 56.7 Å². The van der Waals surface area contributed by atoms with Crippen molar-refractivity contribution in [3.05, 3.63) is 34.3 Å². The summed E-state index contributed by atoms with van der Waals surface area (Å²) in [6, 6.07) is 6.80. The van der Waals surface area contributed by atoms with E-state index >= 15 is 0 Å². The zero-order chi connectivity index (χ0) is 13.7.